The highest BCUT2D eigenvalue weighted by Gasteiger charge is 2.11. The molecular formula is C11H10BrFN2O. The topological polar surface area (TPSA) is 48.9 Å². The number of aromatic nitrogens is 2. The normalized spacial score (nSPS) is 12.7. The van der Waals surface area contributed by atoms with E-state index in [0.29, 0.717) is 22.3 Å². The zero-order valence-corrected chi connectivity index (χ0v) is 9.91. The summed E-state index contributed by atoms with van der Waals surface area (Å²) in [7, 11) is 0. The molecule has 1 atom stereocenters. The monoisotopic (exact) mass is 284 g/mol. The lowest BCUT2D eigenvalue weighted by Gasteiger charge is -2.09. The first kappa shape index (κ1) is 11.3. The maximum atomic E-state index is 13.2. The molecule has 84 valence electrons. The summed E-state index contributed by atoms with van der Waals surface area (Å²) in [6.45, 7) is 0. The lowest BCUT2D eigenvalue weighted by molar-refractivity contribution is 0.175. The number of aliphatic hydroxyl groups excluding tert-OH is 1. The highest BCUT2D eigenvalue weighted by atomic mass is 79.9. The largest absolute Gasteiger partial charge is 0.388 e. The number of nitrogens with one attached hydrogen (secondary N) is 1. The summed E-state index contributed by atoms with van der Waals surface area (Å²) in [5.74, 6) is 0.298. The number of benzene rings is 1. The van der Waals surface area contributed by atoms with Crippen LogP contribution in [-0.4, -0.2) is 15.1 Å². The fourth-order valence-corrected chi connectivity index (χ4v) is 1.68. The molecule has 0 amide bonds. The molecule has 5 heteroatoms. The Labute approximate surface area is 100 Å². The van der Waals surface area contributed by atoms with Crippen molar-refractivity contribution >= 4 is 15.9 Å². The number of halogens is 2. The molecule has 0 aliphatic carbocycles. The molecule has 1 aromatic carbocycles. The van der Waals surface area contributed by atoms with Crippen LogP contribution in [0.1, 0.15) is 17.5 Å². The van der Waals surface area contributed by atoms with Crippen LogP contribution in [0.3, 0.4) is 0 Å². The Bertz CT molecular complexity index is 473. The number of imidazole rings is 1. The quantitative estimate of drug-likeness (QED) is 0.910. The van der Waals surface area contributed by atoms with Crippen LogP contribution in [0, 0.1) is 5.82 Å². The number of H-pyrrole nitrogens is 1. The minimum Gasteiger partial charge on any atom is -0.388 e. The van der Waals surface area contributed by atoms with Crippen molar-refractivity contribution in [2.45, 2.75) is 12.5 Å². The van der Waals surface area contributed by atoms with E-state index in [2.05, 4.69) is 25.9 Å². The van der Waals surface area contributed by atoms with Gasteiger partial charge in [-0.2, -0.15) is 0 Å². The van der Waals surface area contributed by atoms with Gasteiger partial charge in [-0.05, 0) is 33.6 Å². The van der Waals surface area contributed by atoms with Gasteiger partial charge in [0.2, 0.25) is 0 Å². The zero-order valence-electron chi connectivity index (χ0n) is 8.32. The maximum absolute atomic E-state index is 13.2. The fraction of sp³-hybridized carbons (Fsp3) is 0.182. The Morgan fingerprint density at radius 3 is 2.94 bits per heavy atom. The average molecular weight is 285 g/mol. The molecule has 3 nitrogen and oxygen atoms in total. The molecule has 2 aromatic rings. The van der Waals surface area contributed by atoms with Crippen molar-refractivity contribution in [2.24, 2.45) is 0 Å². The summed E-state index contributed by atoms with van der Waals surface area (Å²) in [5.41, 5.74) is 0.539. The first-order valence-corrected chi connectivity index (χ1v) is 5.57. The van der Waals surface area contributed by atoms with Crippen molar-refractivity contribution in [1.29, 1.82) is 0 Å². The molecule has 0 aliphatic rings. The predicted molar refractivity (Wildman–Crippen MR) is 61.4 cm³/mol. The van der Waals surface area contributed by atoms with Crippen molar-refractivity contribution < 1.29 is 9.50 Å². The lowest BCUT2D eigenvalue weighted by atomic mass is 10.1. The summed E-state index contributed by atoms with van der Waals surface area (Å²) in [6, 6.07) is 4.58. The van der Waals surface area contributed by atoms with E-state index in [1.165, 1.54) is 6.07 Å². The fourth-order valence-electron chi connectivity index (χ4n) is 1.43. The smallest absolute Gasteiger partial charge is 0.137 e. The van der Waals surface area contributed by atoms with E-state index in [9.17, 15) is 9.50 Å². The Morgan fingerprint density at radius 1 is 1.50 bits per heavy atom. The van der Waals surface area contributed by atoms with Crippen LogP contribution >= 0.6 is 15.9 Å². The molecule has 0 bridgehead atoms. The van der Waals surface area contributed by atoms with Gasteiger partial charge in [0.1, 0.15) is 11.6 Å². The van der Waals surface area contributed by atoms with Gasteiger partial charge in [0.25, 0.3) is 0 Å². The molecule has 0 aliphatic heterocycles. The minimum absolute atomic E-state index is 0.341. The number of hydrogen-bond donors (Lipinski definition) is 2. The zero-order chi connectivity index (χ0) is 11.5. The van der Waals surface area contributed by atoms with Crippen LogP contribution in [0.5, 0.6) is 0 Å². The molecule has 2 rings (SSSR count). The van der Waals surface area contributed by atoms with E-state index in [1.807, 2.05) is 0 Å². The van der Waals surface area contributed by atoms with Crippen LogP contribution in [0.25, 0.3) is 0 Å². The molecule has 0 saturated heterocycles. The van der Waals surface area contributed by atoms with E-state index in [4.69, 9.17) is 0 Å². The maximum Gasteiger partial charge on any atom is 0.137 e. The molecular weight excluding hydrogens is 275 g/mol. The molecule has 16 heavy (non-hydrogen) atoms. The van der Waals surface area contributed by atoms with Gasteiger partial charge in [-0.25, -0.2) is 9.37 Å². The minimum atomic E-state index is -0.756. The molecule has 0 radical (unpaired) electrons. The van der Waals surface area contributed by atoms with Crippen molar-refractivity contribution in [2.75, 3.05) is 0 Å². The standard InChI is InChI=1S/C11H10BrFN2O/c12-8-2-1-7(5-9(8)13)10(16)6-11-14-3-4-15-11/h1-5,10,16H,6H2,(H,14,15). The molecule has 1 aromatic heterocycles. The highest BCUT2D eigenvalue weighted by Crippen LogP contribution is 2.22. The summed E-state index contributed by atoms with van der Waals surface area (Å²) < 4.78 is 13.6. The van der Waals surface area contributed by atoms with Gasteiger partial charge < -0.3 is 10.1 Å². The molecule has 0 saturated carbocycles. The van der Waals surface area contributed by atoms with E-state index < -0.39 is 6.10 Å². The van der Waals surface area contributed by atoms with Crippen molar-refractivity contribution in [3.63, 3.8) is 0 Å². The molecule has 2 N–H and O–H groups in total. The summed E-state index contributed by atoms with van der Waals surface area (Å²) in [5, 5.41) is 9.87. The predicted octanol–water partition coefficient (Wildman–Crippen LogP) is 2.59. The van der Waals surface area contributed by atoms with Gasteiger partial charge >= 0.3 is 0 Å². The van der Waals surface area contributed by atoms with Gasteiger partial charge in [-0.3, -0.25) is 0 Å². The number of aliphatic hydroxyl groups is 1. The third kappa shape index (κ3) is 2.48. The van der Waals surface area contributed by atoms with E-state index in [-0.39, 0.29) is 5.82 Å². The Morgan fingerprint density at radius 2 is 2.31 bits per heavy atom. The van der Waals surface area contributed by atoms with Gasteiger partial charge in [0.05, 0.1) is 10.6 Å². The number of hydrogen-bond acceptors (Lipinski definition) is 2. The number of rotatable bonds is 3. The first-order valence-electron chi connectivity index (χ1n) is 4.78. The van der Waals surface area contributed by atoms with Gasteiger partial charge in [0.15, 0.2) is 0 Å². The third-order valence-corrected chi connectivity index (χ3v) is 2.91. The van der Waals surface area contributed by atoms with E-state index in [1.54, 1.807) is 24.5 Å². The number of nitrogens with zero attached hydrogens (tertiary/aromatic N) is 1. The lowest BCUT2D eigenvalue weighted by Crippen LogP contribution is -2.03. The summed E-state index contributed by atoms with van der Waals surface area (Å²) in [4.78, 5) is 6.89. The summed E-state index contributed by atoms with van der Waals surface area (Å²) >= 11 is 3.06. The van der Waals surface area contributed by atoms with Crippen LogP contribution in [-0.2, 0) is 6.42 Å². The Hall–Kier alpha value is -1.20. The second-order valence-corrected chi connectivity index (χ2v) is 4.28. The van der Waals surface area contributed by atoms with Crippen molar-refractivity contribution in [3.05, 3.63) is 52.3 Å². The first-order chi connectivity index (χ1) is 7.66. The molecule has 0 spiro atoms. The van der Waals surface area contributed by atoms with Gasteiger partial charge in [-0.1, -0.05) is 6.07 Å². The Balaban J connectivity index is 2.14. The number of aromatic amines is 1. The second kappa shape index (κ2) is 4.76. The molecule has 1 heterocycles. The van der Waals surface area contributed by atoms with Crippen molar-refractivity contribution in [3.8, 4) is 0 Å². The second-order valence-electron chi connectivity index (χ2n) is 3.43. The SMILES string of the molecule is OC(Cc1ncc[nH]1)c1ccc(Br)c(F)c1. The summed E-state index contributed by atoms with van der Waals surface area (Å²) in [6.07, 6.45) is 2.89. The Kier molecular flexibility index (Phi) is 3.36. The molecule has 0 fully saturated rings. The van der Waals surface area contributed by atoms with Gasteiger partial charge in [0, 0.05) is 18.8 Å². The van der Waals surface area contributed by atoms with Crippen LogP contribution in [0.2, 0.25) is 0 Å². The average Bonchev–Trinajstić information content (AvgIpc) is 2.74. The van der Waals surface area contributed by atoms with Crippen LogP contribution in [0.4, 0.5) is 4.39 Å². The van der Waals surface area contributed by atoms with Crippen LogP contribution < -0.4 is 0 Å². The van der Waals surface area contributed by atoms with E-state index in [0.717, 1.165) is 0 Å². The third-order valence-electron chi connectivity index (χ3n) is 2.27. The van der Waals surface area contributed by atoms with Gasteiger partial charge in [-0.15, -0.1) is 0 Å². The van der Waals surface area contributed by atoms with Crippen molar-refractivity contribution in [1.82, 2.24) is 9.97 Å². The molecule has 1 unspecified atom stereocenters. The highest BCUT2D eigenvalue weighted by molar-refractivity contribution is 9.10. The van der Waals surface area contributed by atoms with E-state index >= 15 is 0 Å². The van der Waals surface area contributed by atoms with Crippen LogP contribution in [0.15, 0.2) is 35.1 Å².